The van der Waals surface area contributed by atoms with Crippen molar-refractivity contribution in [1.82, 2.24) is 19.9 Å². The van der Waals surface area contributed by atoms with Crippen molar-refractivity contribution < 1.29 is 0 Å². The molecule has 0 radical (unpaired) electrons. The van der Waals surface area contributed by atoms with E-state index >= 15 is 0 Å². The lowest BCUT2D eigenvalue weighted by molar-refractivity contribution is 0.307. The number of H-pyrrole nitrogens is 2. The third kappa shape index (κ3) is 3.30. The molecule has 3 aromatic rings. The van der Waals surface area contributed by atoms with Crippen LogP contribution in [0, 0.1) is 13.8 Å². The maximum Gasteiger partial charge on any atom is 0.187 e. The molecule has 2 N–H and O–H groups in total. The van der Waals surface area contributed by atoms with Crippen LogP contribution >= 0.6 is 11.6 Å². The number of aromatic nitrogens is 3. The first-order chi connectivity index (χ1) is 10.9. The van der Waals surface area contributed by atoms with Crippen molar-refractivity contribution in [1.29, 1.82) is 0 Å². The third-order valence-electron chi connectivity index (χ3n) is 3.96. The first-order valence-corrected chi connectivity index (χ1v) is 7.82. The molecular formula is C17H19ClN4O. The number of hydrogen-bond donors (Lipinski definition) is 2. The number of aryl methyl sites for hydroxylation is 1. The molecule has 0 fully saturated rings. The minimum atomic E-state index is 0.102. The molecule has 2 heterocycles. The lowest BCUT2D eigenvalue weighted by atomic mass is 10.1. The van der Waals surface area contributed by atoms with Gasteiger partial charge in [0.2, 0.25) is 0 Å². The third-order valence-corrected chi connectivity index (χ3v) is 4.19. The number of nitrogens with one attached hydrogen (secondary N) is 2. The van der Waals surface area contributed by atoms with Crippen LogP contribution < -0.4 is 5.43 Å². The van der Waals surface area contributed by atoms with Crippen LogP contribution in [0.15, 0.2) is 29.2 Å². The molecule has 3 rings (SSSR count). The van der Waals surface area contributed by atoms with E-state index < -0.39 is 0 Å². The van der Waals surface area contributed by atoms with E-state index in [2.05, 4.69) is 19.9 Å². The first-order valence-electron chi connectivity index (χ1n) is 7.44. The first kappa shape index (κ1) is 15.8. The van der Waals surface area contributed by atoms with Gasteiger partial charge in [-0.3, -0.25) is 9.69 Å². The van der Waals surface area contributed by atoms with Gasteiger partial charge in [-0.25, -0.2) is 4.98 Å². The van der Waals surface area contributed by atoms with E-state index in [0.717, 1.165) is 33.7 Å². The molecule has 0 spiro atoms. The zero-order chi connectivity index (χ0) is 16.6. The molecule has 0 aliphatic rings. The van der Waals surface area contributed by atoms with Gasteiger partial charge >= 0.3 is 0 Å². The van der Waals surface area contributed by atoms with Crippen molar-refractivity contribution in [3.05, 3.63) is 62.3 Å². The Kier molecular flexibility index (Phi) is 4.24. The number of pyridine rings is 1. The Bertz CT molecular complexity index is 913. The molecule has 0 aliphatic carbocycles. The van der Waals surface area contributed by atoms with Gasteiger partial charge in [-0.05, 0) is 39.1 Å². The molecule has 0 saturated carbocycles. The normalized spacial score (nSPS) is 11.5. The van der Waals surface area contributed by atoms with Crippen LogP contribution in [0.3, 0.4) is 0 Å². The number of halogens is 1. The van der Waals surface area contributed by atoms with Crippen LogP contribution in [-0.2, 0) is 13.1 Å². The second-order valence-corrected chi connectivity index (χ2v) is 6.36. The summed E-state index contributed by atoms with van der Waals surface area (Å²) >= 11 is 5.99. The van der Waals surface area contributed by atoms with Gasteiger partial charge in [0.05, 0.1) is 17.6 Å². The minimum Gasteiger partial charge on any atom is -0.363 e. The molecule has 0 unspecified atom stereocenters. The molecular weight excluding hydrogens is 312 g/mol. The quantitative estimate of drug-likeness (QED) is 0.772. The second kappa shape index (κ2) is 6.18. The Morgan fingerprint density at radius 3 is 2.83 bits per heavy atom. The largest absolute Gasteiger partial charge is 0.363 e. The Hall–Kier alpha value is -2.11. The van der Waals surface area contributed by atoms with Crippen molar-refractivity contribution >= 4 is 22.6 Å². The fourth-order valence-electron chi connectivity index (χ4n) is 2.66. The predicted octanol–water partition coefficient (Wildman–Crippen LogP) is 3.15. The summed E-state index contributed by atoms with van der Waals surface area (Å²) in [6.07, 6.45) is 1.77. The molecule has 5 nitrogen and oxygen atoms in total. The smallest absolute Gasteiger partial charge is 0.187 e. The Morgan fingerprint density at radius 2 is 2.04 bits per heavy atom. The maximum absolute atomic E-state index is 12.0. The zero-order valence-electron chi connectivity index (χ0n) is 13.4. The molecule has 0 aliphatic heterocycles. The number of fused-ring (bicyclic) bond motifs is 1. The fraction of sp³-hybridized carbons (Fsp3) is 0.294. The van der Waals surface area contributed by atoms with Crippen molar-refractivity contribution in [3.63, 3.8) is 0 Å². The number of nitrogens with zero attached hydrogens (tertiary/aromatic N) is 2. The standard InChI is InChI=1S/C17H19ClN4O/c1-10-7-19-15(11(2)17(10)23)8-22(3)9-16-20-13-5-4-12(18)6-14(13)21-16/h4-7H,8-9H2,1-3H3,(H,19,23)(H,20,21). The Labute approximate surface area is 139 Å². The lowest BCUT2D eigenvalue weighted by Gasteiger charge is -2.16. The van der Waals surface area contributed by atoms with E-state index in [4.69, 9.17) is 11.6 Å². The van der Waals surface area contributed by atoms with E-state index in [9.17, 15) is 4.79 Å². The SMILES string of the molecule is Cc1c[nH]c(CN(C)Cc2nc3ccc(Cl)cc3[nH]2)c(C)c1=O. The van der Waals surface area contributed by atoms with E-state index in [1.54, 1.807) is 6.20 Å². The van der Waals surface area contributed by atoms with E-state index in [1.165, 1.54) is 0 Å². The molecule has 0 atom stereocenters. The average molecular weight is 331 g/mol. The summed E-state index contributed by atoms with van der Waals surface area (Å²) < 4.78 is 0. The summed E-state index contributed by atoms with van der Waals surface area (Å²) in [5, 5.41) is 0.689. The van der Waals surface area contributed by atoms with E-state index in [-0.39, 0.29) is 5.43 Å². The highest BCUT2D eigenvalue weighted by molar-refractivity contribution is 6.31. The van der Waals surface area contributed by atoms with Gasteiger partial charge in [0, 0.05) is 34.6 Å². The molecule has 120 valence electrons. The summed E-state index contributed by atoms with van der Waals surface area (Å²) in [6.45, 7) is 4.98. The van der Waals surface area contributed by atoms with Crippen LogP contribution in [-0.4, -0.2) is 26.9 Å². The molecule has 6 heteroatoms. The molecule has 0 saturated heterocycles. The molecule has 1 aromatic carbocycles. The summed E-state index contributed by atoms with van der Waals surface area (Å²) in [4.78, 5) is 25.2. The number of rotatable bonds is 4. The van der Waals surface area contributed by atoms with Crippen molar-refractivity contribution in [2.24, 2.45) is 0 Å². The Morgan fingerprint density at radius 1 is 1.26 bits per heavy atom. The van der Waals surface area contributed by atoms with Crippen LogP contribution in [0.5, 0.6) is 0 Å². The van der Waals surface area contributed by atoms with Crippen molar-refractivity contribution in [3.8, 4) is 0 Å². The number of benzene rings is 1. The minimum absolute atomic E-state index is 0.102. The van der Waals surface area contributed by atoms with Crippen LogP contribution in [0.2, 0.25) is 5.02 Å². The summed E-state index contributed by atoms with van der Waals surface area (Å²) in [5.74, 6) is 0.872. The second-order valence-electron chi connectivity index (χ2n) is 5.92. The van der Waals surface area contributed by atoms with Gasteiger partial charge in [0.15, 0.2) is 5.43 Å². The lowest BCUT2D eigenvalue weighted by Crippen LogP contribution is -2.22. The number of aromatic amines is 2. The number of hydrogen-bond acceptors (Lipinski definition) is 3. The van der Waals surface area contributed by atoms with Crippen molar-refractivity contribution in [2.45, 2.75) is 26.9 Å². The predicted molar refractivity (Wildman–Crippen MR) is 92.8 cm³/mol. The summed E-state index contributed by atoms with van der Waals surface area (Å²) in [5.41, 5.74) is 4.38. The van der Waals surface area contributed by atoms with Crippen LogP contribution in [0.1, 0.15) is 22.6 Å². The van der Waals surface area contributed by atoms with Gasteiger partial charge < -0.3 is 9.97 Å². The topological polar surface area (TPSA) is 64.8 Å². The highest BCUT2D eigenvalue weighted by Crippen LogP contribution is 2.18. The monoisotopic (exact) mass is 330 g/mol. The van der Waals surface area contributed by atoms with Crippen LogP contribution in [0.25, 0.3) is 11.0 Å². The molecule has 0 bridgehead atoms. The van der Waals surface area contributed by atoms with Gasteiger partial charge in [-0.15, -0.1) is 0 Å². The van der Waals surface area contributed by atoms with Crippen molar-refractivity contribution in [2.75, 3.05) is 7.05 Å². The van der Waals surface area contributed by atoms with Gasteiger partial charge in [0.1, 0.15) is 5.82 Å². The highest BCUT2D eigenvalue weighted by Gasteiger charge is 2.10. The summed E-state index contributed by atoms with van der Waals surface area (Å²) in [7, 11) is 2.00. The van der Waals surface area contributed by atoms with E-state index in [0.29, 0.717) is 18.1 Å². The zero-order valence-corrected chi connectivity index (χ0v) is 14.2. The molecule has 0 amide bonds. The Balaban J connectivity index is 1.77. The van der Waals surface area contributed by atoms with Gasteiger partial charge in [-0.1, -0.05) is 11.6 Å². The average Bonchev–Trinajstić information content (AvgIpc) is 2.89. The highest BCUT2D eigenvalue weighted by atomic mass is 35.5. The van der Waals surface area contributed by atoms with Crippen LogP contribution in [0.4, 0.5) is 0 Å². The molecule has 23 heavy (non-hydrogen) atoms. The number of imidazole rings is 1. The maximum atomic E-state index is 12.0. The molecule has 2 aromatic heterocycles. The van der Waals surface area contributed by atoms with Gasteiger partial charge in [-0.2, -0.15) is 0 Å². The van der Waals surface area contributed by atoms with E-state index in [1.807, 2.05) is 39.1 Å². The fourth-order valence-corrected chi connectivity index (χ4v) is 2.83. The summed E-state index contributed by atoms with van der Waals surface area (Å²) in [6, 6.07) is 5.60. The van der Waals surface area contributed by atoms with Gasteiger partial charge in [0.25, 0.3) is 0 Å².